The fraction of sp³-hybridized carbons (Fsp3) is 0.417. The van der Waals surface area contributed by atoms with Gasteiger partial charge in [-0.1, -0.05) is 6.92 Å². The Hall–Kier alpha value is -1.71. The molecule has 0 aromatic heterocycles. The molecule has 0 N–H and O–H groups in total. The second kappa shape index (κ2) is 4.88. The maximum Gasteiger partial charge on any atom is 0.272 e. The molecule has 0 saturated carbocycles. The van der Waals surface area contributed by atoms with E-state index < -0.39 is 4.92 Å². The molecule has 0 aliphatic rings. The number of carbonyl (C=O) groups is 1. The number of nitrogens with zero attached hydrogens (tertiary/aromatic N) is 1. The van der Waals surface area contributed by atoms with Crippen LogP contribution in [0.2, 0.25) is 0 Å². The zero-order chi connectivity index (χ0) is 12.3. The minimum absolute atomic E-state index is 0.116. The average Bonchev–Trinajstić information content (AvgIpc) is 2.22. The van der Waals surface area contributed by atoms with Gasteiger partial charge in [0.25, 0.3) is 5.69 Å². The zero-order valence-corrected chi connectivity index (χ0v) is 9.74. The number of benzene rings is 1. The molecular formula is C12H15NO3. The molecule has 4 heteroatoms. The third-order valence-corrected chi connectivity index (χ3v) is 2.63. The number of Topliss-reactive ketones (excluding diaryl/α,β-unsaturated/α-hetero) is 1. The Labute approximate surface area is 94.4 Å². The van der Waals surface area contributed by atoms with Crippen LogP contribution in [-0.4, -0.2) is 10.7 Å². The molecule has 1 rings (SSSR count). The van der Waals surface area contributed by atoms with Gasteiger partial charge in [-0.25, -0.2) is 0 Å². The third-order valence-electron chi connectivity index (χ3n) is 2.63. The van der Waals surface area contributed by atoms with Gasteiger partial charge in [0.1, 0.15) is 5.78 Å². The number of nitro groups is 1. The molecule has 0 atom stereocenters. The number of carbonyl (C=O) groups excluding carboxylic acids is 1. The number of aryl methyl sites for hydroxylation is 2. The van der Waals surface area contributed by atoms with E-state index in [1.165, 1.54) is 6.07 Å². The summed E-state index contributed by atoms with van der Waals surface area (Å²) in [4.78, 5) is 21.6. The quantitative estimate of drug-likeness (QED) is 0.580. The predicted octanol–water partition coefficient (Wildman–Crippen LogP) is 2.73. The number of ketones is 1. The smallest absolute Gasteiger partial charge is 0.272 e. The van der Waals surface area contributed by atoms with Gasteiger partial charge in [-0.15, -0.1) is 0 Å². The van der Waals surface area contributed by atoms with Crippen LogP contribution in [0.1, 0.15) is 30.0 Å². The van der Waals surface area contributed by atoms with Crippen LogP contribution in [0, 0.1) is 24.0 Å². The van der Waals surface area contributed by atoms with Crippen molar-refractivity contribution in [2.24, 2.45) is 0 Å². The lowest BCUT2D eigenvalue weighted by atomic mass is 9.99. The molecule has 0 saturated heterocycles. The van der Waals surface area contributed by atoms with Crippen LogP contribution in [-0.2, 0) is 11.2 Å². The predicted molar refractivity (Wildman–Crippen MR) is 61.6 cm³/mol. The Kier molecular flexibility index (Phi) is 3.77. The summed E-state index contributed by atoms with van der Waals surface area (Å²) in [6.07, 6.45) is 0.858. The molecule has 4 nitrogen and oxygen atoms in total. The van der Waals surface area contributed by atoms with Crippen LogP contribution in [0.15, 0.2) is 12.1 Å². The average molecular weight is 221 g/mol. The first-order chi connectivity index (χ1) is 7.45. The summed E-state index contributed by atoms with van der Waals surface area (Å²) in [7, 11) is 0. The molecule has 0 aliphatic carbocycles. The van der Waals surface area contributed by atoms with Gasteiger partial charge in [0.2, 0.25) is 0 Å². The van der Waals surface area contributed by atoms with Crippen molar-refractivity contribution >= 4 is 11.5 Å². The maximum absolute atomic E-state index is 11.3. The Bertz CT molecular complexity index is 438. The van der Waals surface area contributed by atoms with E-state index in [1.54, 1.807) is 19.9 Å². The second-order valence-corrected chi connectivity index (χ2v) is 3.89. The van der Waals surface area contributed by atoms with Crippen molar-refractivity contribution in [3.8, 4) is 0 Å². The van der Waals surface area contributed by atoms with Crippen molar-refractivity contribution in [3.63, 3.8) is 0 Å². The largest absolute Gasteiger partial charge is 0.299 e. The molecule has 0 aliphatic heterocycles. The van der Waals surface area contributed by atoms with Crippen LogP contribution in [0.25, 0.3) is 0 Å². The highest BCUT2D eigenvalue weighted by Crippen LogP contribution is 2.23. The first-order valence-electron chi connectivity index (χ1n) is 5.22. The van der Waals surface area contributed by atoms with Crippen LogP contribution >= 0.6 is 0 Å². The highest BCUT2D eigenvalue weighted by molar-refractivity contribution is 5.81. The molecule has 86 valence electrons. The van der Waals surface area contributed by atoms with Crippen LogP contribution in [0.4, 0.5) is 5.69 Å². The van der Waals surface area contributed by atoms with E-state index in [-0.39, 0.29) is 11.5 Å². The minimum Gasteiger partial charge on any atom is -0.299 e. The van der Waals surface area contributed by atoms with Gasteiger partial charge in [-0.3, -0.25) is 14.9 Å². The van der Waals surface area contributed by atoms with Crippen molar-refractivity contribution < 1.29 is 9.72 Å². The molecule has 0 heterocycles. The Morgan fingerprint density at radius 2 is 1.94 bits per heavy atom. The van der Waals surface area contributed by atoms with Gasteiger partial charge >= 0.3 is 0 Å². The van der Waals surface area contributed by atoms with E-state index in [4.69, 9.17) is 0 Å². The van der Waals surface area contributed by atoms with Gasteiger partial charge in [-0.2, -0.15) is 0 Å². The molecule has 16 heavy (non-hydrogen) atoms. The highest BCUT2D eigenvalue weighted by Gasteiger charge is 2.14. The van der Waals surface area contributed by atoms with E-state index in [0.717, 1.165) is 11.1 Å². The molecule has 0 unspecified atom stereocenters. The van der Waals surface area contributed by atoms with Gasteiger partial charge in [-0.05, 0) is 31.0 Å². The molecular weight excluding hydrogens is 206 g/mol. The van der Waals surface area contributed by atoms with Crippen LogP contribution in [0.3, 0.4) is 0 Å². The molecule has 0 bridgehead atoms. The normalized spacial score (nSPS) is 10.2. The van der Waals surface area contributed by atoms with Gasteiger partial charge in [0.05, 0.1) is 4.92 Å². The van der Waals surface area contributed by atoms with Crippen LogP contribution < -0.4 is 0 Å². The van der Waals surface area contributed by atoms with E-state index in [1.807, 2.05) is 6.92 Å². The van der Waals surface area contributed by atoms with Crippen molar-refractivity contribution in [1.82, 2.24) is 0 Å². The van der Waals surface area contributed by atoms with E-state index in [9.17, 15) is 14.9 Å². The maximum atomic E-state index is 11.3. The first-order valence-corrected chi connectivity index (χ1v) is 5.22. The summed E-state index contributed by atoms with van der Waals surface area (Å²) in [5.41, 5.74) is 2.41. The standard InChI is InChI=1S/C12H15NO3/c1-4-11(14)7-10-5-9(3)12(13(15)16)6-8(10)2/h5-6H,4,7H2,1-3H3. The lowest BCUT2D eigenvalue weighted by Gasteiger charge is -2.06. The number of hydrogen-bond acceptors (Lipinski definition) is 3. The highest BCUT2D eigenvalue weighted by atomic mass is 16.6. The summed E-state index contributed by atoms with van der Waals surface area (Å²) >= 11 is 0. The summed E-state index contributed by atoms with van der Waals surface area (Å²) in [6.45, 7) is 5.30. The third kappa shape index (κ3) is 2.66. The Balaban J connectivity index is 3.10. The number of hydrogen-bond donors (Lipinski definition) is 0. The number of rotatable bonds is 4. The lowest BCUT2D eigenvalue weighted by Crippen LogP contribution is -2.04. The second-order valence-electron chi connectivity index (χ2n) is 3.89. The summed E-state index contributed by atoms with van der Waals surface area (Å²) < 4.78 is 0. The molecule has 0 amide bonds. The minimum atomic E-state index is -0.395. The SMILES string of the molecule is CCC(=O)Cc1cc(C)c([N+](=O)[O-])cc1C. The Morgan fingerprint density at radius 1 is 1.31 bits per heavy atom. The fourth-order valence-electron chi connectivity index (χ4n) is 1.59. The van der Waals surface area contributed by atoms with Gasteiger partial charge in [0, 0.05) is 24.5 Å². The van der Waals surface area contributed by atoms with Gasteiger partial charge < -0.3 is 0 Å². The summed E-state index contributed by atoms with van der Waals surface area (Å²) in [5.74, 6) is 0.149. The van der Waals surface area contributed by atoms with E-state index >= 15 is 0 Å². The van der Waals surface area contributed by atoms with Crippen molar-refractivity contribution in [3.05, 3.63) is 38.9 Å². The molecule has 0 spiro atoms. The van der Waals surface area contributed by atoms with Crippen molar-refractivity contribution in [2.45, 2.75) is 33.6 Å². The van der Waals surface area contributed by atoms with E-state index in [0.29, 0.717) is 18.4 Å². The van der Waals surface area contributed by atoms with E-state index in [2.05, 4.69) is 0 Å². The monoisotopic (exact) mass is 221 g/mol. The van der Waals surface area contributed by atoms with Crippen molar-refractivity contribution in [2.75, 3.05) is 0 Å². The summed E-state index contributed by atoms with van der Waals surface area (Å²) in [6, 6.07) is 3.27. The van der Waals surface area contributed by atoms with Crippen LogP contribution in [0.5, 0.6) is 0 Å². The fourth-order valence-corrected chi connectivity index (χ4v) is 1.59. The molecule has 1 aromatic carbocycles. The molecule has 0 radical (unpaired) electrons. The topological polar surface area (TPSA) is 60.2 Å². The van der Waals surface area contributed by atoms with Gasteiger partial charge in [0.15, 0.2) is 0 Å². The zero-order valence-electron chi connectivity index (χ0n) is 9.74. The molecule has 0 fully saturated rings. The number of nitro benzene ring substituents is 1. The Morgan fingerprint density at radius 3 is 2.44 bits per heavy atom. The van der Waals surface area contributed by atoms with Crippen molar-refractivity contribution in [1.29, 1.82) is 0 Å². The first kappa shape index (κ1) is 12.4. The molecule has 1 aromatic rings. The summed E-state index contributed by atoms with van der Waals surface area (Å²) in [5, 5.41) is 10.7. The lowest BCUT2D eigenvalue weighted by molar-refractivity contribution is -0.385.